The molecule has 3 rings (SSSR count). The summed E-state index contributed by atoms with van der Waals surface area (Å²) in [5, 5.41) is 19.2. The molecule has 1 atom stereocenters. The molecule has 0 saturated heterocycles. The molecule has 1 aliphatic heterocycles. The monoisotopic (exact) mass is 356 g/mol. The summed E-state index contributed by atoms with van der Waals surface area (Å²) in [6.45, 7) is 1.63. The Bertz CT molecular complexity index is 912. The molecule has 2 aromatic carbocycles. The van der Waals surface area contributed by atoms with E-state index >= 15 is 0 Å². The third kappa shape index (κ3) is 3.27. The molecule has 0 fully saturated rings. The fraction of sp³-hybridized carbons (Fsp3) is 0.176. The lowest BCUT2D eigenvalue weighted by molar-refractivity contribution is -0.384. The van der Waals surface area contributed by atoms with Gasteiger partial charge in [-0.3, -0.25) is 19.7 Å². The number of ether oxygens (including phenoxy) is 1. The zero-order valence-corrected chi connectivity index (χ0v) is 14.0. The molecule has 1 heterocycles. The van der Waals surface area contributed by atoms with Gasteiger partial charge in [-0.15, -0.1) is 0 Å². The largest absolute Gasteiger partial charge is 0.479 e. The molecule has 1 unspecified atom stereocenters. The van der Waals surface area contributed by atoms with Crippen LogP contribution in [-0.4, -0.2) is 29.9 Å². The molecule has 9 heteroatoms. The number of carbonyl (C=O) groups excluding carboxylic acids is 2. The number of nitro groups is 1. The third-order valence-electron chi connectivity index (χ3n) is 3.89. The maximum Gasteiger partial charge on any atom is 0.293 e. The Labute approximate surface area is 148 Å². The van der Waals surface area contributed by atoms with Gasteiger partial charge in [0.25, 0.3) is 17.5 Å². The van der Waals surface area contributed by atoms with Gasteiger partial charge in [0.15, 0.2) is 6.10 Å². The zero-order valence-electron chi connectivity index (χ0n) is 14.0. The number of fused-ring (bicyclic) bond motifs is 1. The van der Waals surface area contributed by atoms with E-state index in [1.54, 1.807) is 32.2 Å². The number of hydrogen-bond acceptors (Lipinski definition) is 6. The molecule has 0 spiro atoms. The Balaban J connectivity index is 1.83. The van der Waals surface area contributed by atoms with Crippen LogP contribution >= 0.6 is 0 Å². The molecular weight excluding hydrogens is 340 g/mol. The second-order valence-electron chi connectivity index (χ2n) is 5.65. The number of rotatable bonds is 4. The van der Waals surface area contributed by atoms with Crippen LogP contribution in [0.4, 0.5) is 22.7 Å². The van der Waals surface area contributed by atoms with E-state index in [2.05, 4.69) is 16.0 Å². The number of nitrogens with one attached hydrogen (secondary N) is 3. The molecule has 1 aliphatic rings. The maximum absolute atomic E-state index is 12.4. The summed E-state index contributed by atoms with van der Waals surface area (Å²) in [5.41, 5.74) is 1.13. The Morgan fingerprint density at radius 1 is 1.27 bits per heavy atom. The van der Waals surface area contributed by atoms with Crippen molar-refractivity contribution in [3.8, 4) is 5.75 Å². The zero-order chi connectivity index (χ0) is 18.8. The van der Waals surface area contributed by atoms with Gasteiger partial charge >= 0.3 is 0 Å². The van der Waals surface area contributed by atoms with Gasteiger partial charge in [-0.25, -0.2) is 0 Å². The lowest BCUT2D eigenvalue weighted by atomic mass is 10.1. The molecule has 0 aromatic heterocycles. The molecule has 0 saturated carbocycles. The van der Waals surface area contributed by atoms with E-state index in [1.165, 1.54) is 18.2 Å². The van der Waals surface area contributed by atoms with Crippen molar-refractivity contribution in [2.45, 2.75) is 13.0 Å². The molecule has 2 aromatic rings. The molecule has 0 radical (unpaired) electrons. The molecule has 0 aliphatic carbocycles. The second kappa shape index (κ2) is 6.71. The minimum absolute atomic E-state index is 0.141. The van der Waals surface area contributed by atoms with Crippen molar-refractivity contribution in [2.75, 3.05) is 23.0 Å². The van der Waals surface area contributed by atoms with Crippen molar-refractivity contribution in [1.82, 2.24) is 0 Å². The third-order valence-corrected chi connectivity index (χ3v) is 3.89. The first-order valence-electron chi connectivity index (χ1n) is 7.78. The fourth-order valence-electron chi connectivity index (χ4n) is 2.53. The number of carbonyl (C=O) groups is 2. The predicted molar refractivity (Wildman–Crippen MR) is 95.8 cm³/mol. The summed E-state index contributed by atoms with van der Waals surface area (Å²) >= 11 is 0. The van der Waals surface area contributed by atoms with Gasteiger partial charge in [0.1, 0.15) is 11.4 Å². The van der Waals surface area contributed by atoms with E-state index in [0.29, 0.717) is 22.8 Å². The van der Waals surface area contributed by atoms with E-state index < -0.39 is 16.9 Å². The van der Waals surface area contributed by atoms with E-state index in [0.717, 1.165) is 0 Å². The van der Waals surface area contributed by atoms with Crippen molar-refractivity contribution in [1.29, 1.82) is 0 Å². The molecular formula is C17H16N4O5. The normalized spacial score (nSPS) is 15.3. The molecule has 134 valence electrons. The van der Waals surface area contributed by atoms with Crippen LogP contribution in [0, 0.1) is 10.1 Å². The van der Waals surface area contributed by atoms with Crippen molar-refractivity contribution in [3.05, 3.63) is 52.1 Å². The van der Waals surface area contributed by atoms with E-state index in [1.807, 2.05) is 0 Å². The van der Waals surface area contributed by atoms with Crippen molar-refractivity contribution < 1.29 is 19.2 Å². The molecule has 0 bridgehead atoms. The van der Waals surface area contributed by atoms with Crippen LogP contribution in [0.5, 0.6) is 5.75 Å². The summed E-state index contributed by atoms with van der Waals surface area (Å²) < 4.78 is 5.45. The minimum Gasteiger partial charge on any atom is -0.479 e. The summed E-state index contributed by atoms with van der Waals surface area (Å²) in [6.07, 6.45) is -0.589. The van der Waals surface area contributed by atoms with Crippen LogP contribution < -0.4 is 20.7 Å². The topological polar surface area (TPSA) is 123 Å². The summed E-state index contributed by atoms with van der Waals surface area (Å²) in [7, 11) is 1.56. The van der Waals surface area contributed by atoms with E-state index in [9.17, 15) is 19.7 Å². The SMILES string of the molecule is CNc1ccc(C(=O)Nc2ccc3c(c2)NC(=O)C(C)O3)cc1[N+](=O)[O-]. The van der Waals surface area contributed by atoms with Crippen LogP contribution in [0.15, 0.2) is 36.4 Å². The Morgan fingerprint density at radius 3 is 2.73 bits per heavy atom. The highest BCUT2D eigenvalue weighted by Crippen LogP contribution is 2.32. The van der Waals surface area contributed by atoms with Crippen LogP contribution in [0.1, 0.15) is 17.3 Å². The number of benzene rings is 2. The van der Waals surface area contributed by atoms with Gasteiger partial charge in [-0.1, -0.05) is 0 Å². The standard InChI is InChI=1S/C17H16N4O5/c1-9-16(22)20-13-8-11(4-6-15(13)26-9)19-17(23)10-3-5-12(18-2)14(7-10)21(24)25/h3-9,18H,1-2H3,(H,19,23)(H,20,22). The van der Waals surface area contributed by atoms with E-state index in [-0.39, 0.29) is 17.2 Å². The number of nitro benzene ring substituents is 1. The van der Waals surface area contributed by atoms with Gasteiger partial charge in [0.2, 0.25) is 0 Å². The van der Waals surface area contributed by atoms with Gasteiger partial charge in [-0.2, -0.15) is 0 Å². The average molecular weight is 356 g/mol. The van der Waals surface area contributed by atoms with Gasteiger partial charge < -0.3 is 20.7 Å². The average Bonchev–Trinajstić information content (AvgIpc) is 2.62. The van der Waals surface area contributed by atoms with Crippen molar-refractivity contribution in [3.63, 3.8) is 0 Å². The number of nitrogens with zero attached hydrogens (tertiary/aromatic N) is 1. The Morgan fingerprint density at radius 2 is 2.04 bits per heavy atom. The van der Waals surface area contributed by atoms with Gasteiger partial charge in [0, 0.05) is 24.4 Å². The maximum atomic E-state index is 12.4. The van der Waals surface area contributed by atoms with Crippen LogP contribution in [0.3, 0.4) is 0 Å². The molecule has 26 heavy (non-hydrogen) atoms. The van der Waals surface area contributed by atoms with Crippen molar-refractivity contribution in [2.24, 2.45) is 0 Å². The minimum atomic E-state index is -0.589. The summed E-state index contributed by atoms with van der Waals surface area (Å²) in [5.74, 6) is -0.282. The van der Waals surface area contributed by atoms with Gasteiger partial charge in [0.05, 0.1) is 10.6 Å². The van der Waals surface area contributed by atoms with Crippen LogP contribution in [0.2, 0.25) is 0 Å². The number of amides is 2. The highest BCUT2D eigenvalue weighted by Gasteiger charge is 2.24. The highest BCUT2D eigenvalue weighted by atomic mass is 16.6. The highest BCUT2D eigenvalue weighted by molar-refractivity contribution is 6.06. The Hall–Kier alpha value is -3.62. The lowest BCUT2D eigenvalue weighted by Crippen LogP contribution is -2.34. The Kier molecular flexibility index (Phi) is 4.44. The van der Waals surface area contributed by atoms with Crippen LogP contribution in [-0.2, 0) is 4.79 Å². The van der Waals surface area contributed by atoms with Crippen molar-refractivity contribution >= 4 is 34.6 Å². The molecule has 2 amide bonds. The molecule has 3 N–H and O–H groups in total. The smallest absolute Gasteiger partial charge is 0.293 e. The quantitative estimate of drug-likeness (QED) is 0.572. The van der Waals surface area contributed by atoms with E-state index in [4.69, 9.17) is 4.74 Å². The fourth-order valence-corrected chi connectivity index (χ4v) is 2.53. The molecule has 9 nitrogen and oxygen atoms in total. The van der Waals surface area contributed by atoms with Gasteiger partial charge in [-0.05, 0) is 37.3 Å². The second-order valence-corrected chi connectivity index (χ2v) is 5.65. The first-order chi connectivity index (χ1) is 12.4. The number of hydrogen-bond donors (Lipinski definition) is 3. The first kappa shape index (κ1) is 17.2. The first-order valence-corrected chi connectivity index (χ1v) is 7.78. The number of anilines is 3. The summed E-state index contributed by atoms with van der Waals surface area (Å²) in [6, 6.07) is 8.97. The predicted octanol–water partition coefficient (Wildman–Crippen LogP) is 2.61. The van der Waals surface area contributed by atoms with Crippen LogP contribution in [0.25, 0.3) is 0 Å². The summed E-state index contributed by atoms with van der Waals surface area (Å²) in [4.78, 5) is 34.6. The lowest BCUT2D eigenvalue weighted by Gasteiger charge is -2.23.